The zero-order valence-electron chi connectivity index (χ0n) is 12.6. The second kappa shape index (κ2) is 7.79. The minimum absolute atomic E-state index is 0.421. The van der Waals surface area contributed by atoms with Gasteiger partial charge in [-0.05, 0) is 54.5 Å². The maximum atomic E-state index is 5.44. The lowest BCUT2D eigenvalue weighted by Crippen LogP contribution is -2.29. The van der Waals surface area contributed by atoms with Crippen molar-refractivity contribution in [2.24, 2.45) is 5.92 Å². The Labute approximate surface area is 126 Å². The fourth-order valence-corrected chi connectivity index (χ4v) is 4.02. The zero-order valence-corrected chi connectivity index (χ0v) is 13.5. The Hall–Kier alpha value is -0.870. The van der Waals surface area contributed by atoms with E-state index >= 15 is 0 Å². The van der Waals surface area contributed by atoms with Crippen molar-refractivity contribution in [3.05, 3.63) is 23.8 Å². The van der Waals surface area contributed by atoms with E-state index in [2.05, 4.69) is 36.1 Å². The van der Waals surface area contributed by atoms with Gasteiger partial charge in [-0.15, -0.1) is 0 Å². The Morgan fingerprint density at radius 1 is 1.30 bits per heavy atom. The molecule has 112 valence electrons. The van der Waals surface area contributed by atoms with Gasteiger partial charge < -0.3 is 14.8 Å². The summed E-state index contributed by atoms with van der Waals surface area (Å²) in [5.74, 6) is 4.85. The van der Waals surface area contributed by atoms with E-state index in [9.17, 15) is 0 Å². The van der Waals surface area contributed by atoms with Gasteiger partial charge in [-0.3, -0.25) is 0 Å². The van der Waals surface area contributed by atoms with Gasteiger partial charge in [-0.25, -0.2) is 0 Å². The largest absolute Gasteiger partial charge is 0.493 e. The van der Waals surface area contributed by atoms with Gasteiger partial charge >= 0.3 is 0 Å². The van der Waals surface area contributed by atoms with Crippen LogP contribution in [0, 0.1) is 5.92 Å². The third-order valence-electron chi connectivity index (χ3n) is 3.82. The number of methoxy groups -OCH3 is 2. The number of benzene rings is 1. The first-order chi connectivity index (χ1) is 9.80. The van der Waals surface area contributed by atoms with Gasteiger partial charge in [0.15, 0.2) is 11.5 Å². The van der Waals surface area contributed by atoms with Gasteiger partial charge in [-0.1, -0.05) is 13.0 Å². The number of hydrogen-bond acceptors (Lipinski definition) is 4. The molecule has 0 saturated carbocycles. The second-order valence-electron chi connectivity index (χ2n) is 5.17. The molecule has 0 aliphatic carbocycles. The lowest BCUT2D eigenvalue weighted by atomic mass is 9.92. The molecule has 2 atom stereocenters. The summed E-state index contributed by atoms with van der Waals surface area (Å²) in [6.07, 6.45) is 2.45. The maximum absolute atomic E-state index is 5.44. The van der Waals surface area contributed by atoms with E-state index in [1.54, 1.807) is 14.2 Å². The van der Waals surface area contributed by atoms with Crippen LogP contribution in [0.2, 0.25) is 0 Å². The number of rotatable bonds is 7. The summed E-state index contributed by atoms with van der Waals surface area (Å²) in [5, 5.41) is 3.71. The molecule has 1 fully saturated rings. The van der Waals surface area contributed by atoms with Crippen LogP contribution in [-0.2, 0) is 0 Å². The Morgan fingerprint density at radius 2 is 2.10 bits per heavy atom. The molecule has 1 heterocycles. The predicted molar refractivity (Wildman–Crippen MR) is 86.0 cm³/mol. The number of thioether (sulfide) groups is 1. The standard InChI is InChI=1S/C16H25NO2S/c1-4-8-17-16(13-7-9-20-11-13)12-5-6-14(18-2)15(10-12)19-3/h5-6,10,13,16-17H,4,7-9,11H2,1-3H3. The second-order valence-corrected chi connectivity index (χ2v) is 6.32. The van der Waals surface area contributed by atoms with Crippen molar-refractivity contribution >= 4 is 11.8 Å². The van der Waals surface area contributed by atoms with Gasteiger partial charge in [0.25, 0.3) is 0 Å². The Kier molecular flexibility index (Phi) is 6.05. The maximum Gasteiger partial charge on any atom is 0.161 e. The van der Waals surface area contributed by atoms with Crippen molar-refractivity contribution in [1.82, 2.24) is 5.32 Å². The molecule has 0 amide bonds. The molecule has 1 aliphatic heterocycles. The molecule has 1 saturated heterocycles. The Morgan fingerprint density at radius 3 is 2.70 bits per heavy atom. The molecule has 2 unspecified atom stereocenters. The monoisotopic (exact) mass is 295 g/mol. The van der Waals surface area contributed by atoms with Gasteiger partial charge in [0.1, 0.15) is 0 Å². The molecule has 0 radical (unpaired) electrons. The van der Waals surface area contributed by atoms with Crippen LogP contribution in [0.25, 0.3) is 0 Å². The van der Waals surface area contributed by atoms with Gasteiger partial charge in [0.2, 0.25) is 0 Å². The average molecular weight is 295 g/mol. The van der Waals surface area contributed by atoms with Crippen molar-refractivity contribution in [2.45, 2.75) is 25.8 Å². The van der Waals surface area contributed by atoms with Crippen molar-refractivity contribution in [3.63, 3.8) is 0 Å². The first kappa shape index (κ1) is 15.5. The smallest absolute Gasteiger partial charge is 0.161 e. The van der Waals surface area contributed by atoms with E-state index in [1.807, 2.05) is 6.07 Å². The molecule has 0 spiro atoms. The molecular formula is C16H25NO2S. The summed E-state index contributed by atoms with van der Waals surface area (Å²) in [6, 6.07) is 6.72. The van der Waals surface area contributed by atoms with Crippen molar-refractivity contribution in [3.8, 4) is 11.5 Å². The summed E-state index contributed by atoms with van der Waals surface area (Å²) in [7, 11) is 3.37. The molecular weight excluding hydrogens is 270 g/mol. The summed E-state index contributed by atoms with van der Waals surface area (Å²) >= 11 is 2.06. The molecule has 20 heavy (non-hydrogen) atoms. The summed E-state index contributed by atoms with van der Waals surface area (Å²) < 4.78 is 10.8. The van der Waals surface area contributed by atoms with Crippen molar-refractivity contribution in [2.75, 3.05) is 32.3 Å². The van der Waals surface area contributed by atoms with E-state index in [0.29, 0.717) is 12.0 Å². The minimum Gasteiger partial charge on any atom is -0.493 e. The molecule has 3 nitrogen and oxygen atoms in total. The normalized spacial score (nSPS) is 19.9. The fraction of sp³-hybridized carbons (Fsp3) is 0.625. The van der Waals surface area contributed by atoms with Crippen LogP contribution in [0.5, 0.6) is 11.5 Å². The Balaban J connectivity index is 2.22. The van der Waals surface area contributed by atoms with Crippen LogP contribution in [0.1, 0.15) is 31.4 Å². The van der Waals surface area contributed by atoms with Gasteiger partial charge in [-0.2, -0.15) is 11.8 Å². The van der Waals surface area contributed by atoms with Crippen molar-refractivity contribution < 1.29 is 9.47 Å². The van der Waals surface area contributed by atoms with Crippen LogP contribution in [0.15, 0.2) is 18.2 Å². The van der Waals surface area contributed by atoms with Crippen LogP contribution in [0.3, 0.4) is 0 Å². The summed E-state index contributed by atoms with van der Waals surface area (Å²) in [5.41, 5.74) is 1.31. The third-order valence-corrected chi connectivity index (χ3v) is 5.01. The summed E-state index contributed by atoms with van der Waals surface area (Å²) in [6.45, 7) is 3.27. The van der Waals surface area contributed by atoms with Crippen LogP contribution < -0.4 is 14.8 Å². The molecule has 2 rings (SSSR count). The quantitative estimate of drug-likeness (QED) is 0.834. The first-order valence-electron chi connectivity index (χ1n) is 7.33. The molecule has 4 heteroatoms. The number of ether oxygens (including phenoxy) is 2. The highest BCUT2D eigenvalue weighted by atomic mass is 32.2. The van der Waals surface area contributed by atoms with E-state index in [0.717, 1.165) is 24.5 Å². The van der Waals surface area contributed by atoms with Crippen LogP contribution in [0.4, 0.5) is 0 Å². The average Bonchev–Trinajstić information content (AvgIpc) is 3.01. The minimum atomic E-state index is 0.421. The lowest BCUT2D eigenvalue weighted by Gasteiger charge is -2.25. The van der Waals surface area contributed by atoms with Gasteiger partial charge in [0, 0.05) is 6.04 Å². The molecule has 1 aromatic carbocycles. The van der Waals surface area contributed by atoms with E-state index in [-0.39, 0.29) is 0 Å². The van der Waals surface area contributed by atoms with E-state index in [4.69, 9.17) is 9.47 Å². The SMILES string of the molecule is CCCNC(c1ccc(OC)c(OC)c1)C1CCSC1. The topological polar surface area (TPSA) is 30.5 Å². The number of nitrogens with one attached hydrogen (secondary N) is 1. The van der Waals surface area contributed by atoms with Crippen LogP contribution in [-0.4, -0.2) is 32.3 Å². The van der Waals surface area contributed by atoms with Gasteiger partial charge in [0.05, 0.1) is 14.2 Å². The predicted octanol–water partition coefficient (Wildman–Crippen LogP) is 3.50. The first-order valence-corrected chi connectivity index (χ1v) is 8.48. The van der Waals surface area contributed by atoms with Crippen molar-refractivity contribution in [1.29, 1.82) is 0 Å². The highest BCUT2D eigenvalue weighted by molar-refractivity contribution is 7.99. The molecule has 0 bridgehead atoms. The van der Waals surface area contributed by atoms with E-state index < -0.39 is 0 Å². The highest BCUT2D eigenvalue weighted by Gasteiger charge is 2.26. The molecule has 0 aromatic heterocycles. The number of hydrogen-bond donors (Lipinski definition) is 1. The Bertz CT molecular complexity index is 419. The van der Waals surface area contributed by atoms with Crippen LogP contribution >= 0.6 is 11.8 Å². The molecule has 1 aromatic rings. The lowest BCUT2D eigenvalue weighted by molar-refractivity contribution is 0.350. The molecule has 1 aliphatic rings. The van der Waals surface area contributed by atoms with E-state index in [1.165, 1.54) is 23.5 Å². The zero-order chi connectivity index (χ0) is 14.4. The fourth-order valence-electron chi connectivity index (χ4n) is 2.72. The third kappa shape index (κ3) is 3.61. The summed E-state index contributed by atoms with van der Waals surface area (Å²) in [4.78, 5) is 0. The molecule has 1 N–H and O–H groups in total. The highest BCUT2D eigenvalue weighted by Crippen LogP contribution is 2.37.